The first-order valence-electron chi connectivity index (χ1n) is 7.56. The molecular weight excluding hydrogens is 234 g/mol. The van der Waals surface area contributed by atoms with Gasteiger partial charge in [0, 0.05) is 12.3 Å². The van der Waals surface area contributed by atoms with Crippen molar-refractivity contribution >= 4 is 5.78 Å². The van der Waals surface area contributed by atoms with Crippen LogP contribution in [0.1, 0.15) is 44.1 Å². The highest BCUT2D eigenvalue weighted by Crippen LogP contribution is 2.29. The van der Waals surface area contributed by atoms with Gasteiger partial charge in [-0.2, -0.15) is 0 Å². The van der Waals surface area contributed by atoms with Crippen LogP contribution < -0.4 is 5.73 Å². The molecule has 1 fully saturated rings. The van der Waals surface area contributed by atoms with Gasteiger partial charge in [0.15, 0.2) is 0 Å². The molecule has 2 N–H and O–H groups in total. The molecule has 2 heteroatoms. The standard InChI is InChI=1S/C17H25NO/c18-13-15-9-11-16(12-10-15)17(19)8-4-7-14-5-2-1-3-6-14/h1-3,5-6,15-16H,4,7-13,18H2. The molecule has 0 heterocycles. The maximum absolute atomic E-state index is 12.2. The first-order chi connectivity index (χ1) is 9.29. The van der Waals surface area contributed by atoms with E-state index in [1.165, 1.54) is 5.56 Å². The smallest absolute Gasteiger partial charge is 0.135 e. The summed E-state index contributed by atoms with van der Waals surface area (Å²) in [6.07, 6.45) is 7.16. The fraction of sp³-hybridized carbons (Fsp3) is 0.588. The van der Waals surface area contributed by atoms with Crippen molar-refractivity contribution in [2.24, 2.45) is 17.6 Å². The average Bonchev–Trinajstić information content (AvgIpc) is 2.48. The van der Waals surface area contributed by atoms with Crippen molar-refractivity contribution in [2.75, 3.05) is 6.54 Å². The zero-order chi connectivity index (χ0) is 13.5. The highest BCUT2D eigenvalue weighted by molar-refractivity contribution is 5.81. The Balaban J connectivity index is 1.67. The van der Waals surface area contributed by atoms with Crippen LogP contribution in [-0.4, -0.2) is 12.3 Å². The van der Waals surface area contributed by atoms with Crippen LogP contribution in [0.2, 0.25) is 0 Å². The zero-order valence-electron chi connectivity index (χ0n) is 11.7. The van der Waals surface area contributed by atoms with Crippen molar-refractivity contribution in [3.8, 4) is 0 Å². The molecule has 0 spiro atoms. The van der Waals surface area contributed by atoms with E-state index in [9.17, 15) is 4.79 Å². The number of nitrogens with two attached hydrogens (primary N) is 1. The molecule has 0 atom stereocenters. The molecule has 1 aromatic carbocycles. The fourth-order valence-electron chi connectivity index (χ4n) is 3.04. The van der Waals surface area contributed by atoms with Gasteiger partial charge < -0.3 is 5.73 Å². The Morgan fingerprint density at radius 1 is 1.11 bits per heavy atom. The number of hydrogen-bond donors (Lipinski definition) is 1. The largest absolute Gasteiger partial charge is 0.330 e. The fourth-order valence-corrected chi connectivity index (χ4v) is 3.04. The summed E-state index contributed by atoms with van der Waals surface area (Å²) in [4.78, 5) is 12.2. The lowest BCUT2D eigenvalue weighted by molar-refractivity contribution is -0.124. The van der Waals surface area contributed by atoms with Gasteiger partial charge in [-0.15, -0.1) is 0 Å². The first kappa shape index (κ1) is 14.3. The predicted molar refractivity (Wildman–Crippen MR) is 78.9 cm³/mol. The summed E-state index contributed by atoms with van der Waals surface area (Å²) >= 11 is 0. The Bertz CT molecular complexity index is 380. The van der Waals surface area contributed by atoms with Gasteiger partial charge >= 0.3 is 0 Å². The van der Waals surface area contributed by atoms with E-state index in [1.54, 1.807) is 0 Å². The van der Waals surface area contributed by atoms with Gasteiger partial charge in [-0.25, -0.2) is 0 Å². The summed E-state index contributed by atoms with van der Waals surface area (Å²) in [5.74, 6) is 1.46. The normalized spacial score (nSPS) is 23.2. The lowest BCUT2D eigenvalue weighted by atomic mass is 9.79. The Labute approximate surface area is 116 Å². The molecule has 1 aliphatic rings. The van der Waals surface area contributed by atoms with Gasteiger partial charge in [0.2, 0.25) is 0 Å². The van der Waals surface area contributed by atoms with Gasteiger partial charge in [0.25, 0.3) is 0 Å². The quantitative estimate of drug-likeness (QED) is 0.851. The average molecular weight is 259 g/mol. The van der Waals surface area contributed by atoms with Gasteiger partial charge in [0.05, 0.1) is 0 Å². The second-order valence-corrected chi connectivity index (χ2v) is 5.76. The van der Waals surface area contributed by atoms with Crippen LogP contribution >= 0.6 is 0 Å². The van der Waals surface area contributed by atoms with E-state index < -0.39 is 0 Å². The minimum atomic E-state index is 0.318. The number of aryl methyl sites for hydroxylation is 1. The van der Waals surface area contributed by atoms with Crippen LogP contribution in [0.3, 0.4) is 0 Å². The van der Waals surface area contributed by atoms with E-state index >= 15 is 0 Å². The summed E-state index contributed by atoms with van der Waals surface area (Å²) in [6.45, 7) is 0.787. The number of rotatable bonds is 6. The van der Waals surface area contributed by atoms with E-state index in [0.717, 1.165) is 51.5 Å². The molecule has 1 aromatic rings. The van der Waals surface area contributed by atoms with Crippen LogP contribution in [0.15, 0.2) is 30.3 Å². The van der Waals surface area contributed by atoms with E-state index in [1.807, 2.05) is 6.07 Å². The van der Waals surface area contributed by atoms with Crippen molar-refractivity contribution in [1.29, 1.82) is 0 Å². The second kappa shape index (κ2) is 7.44. The third-order valence-corrected chi connectivity index (χ3v) is 4.37. The maximum atomic E-state index is 12.2. The molecule has 0 bridgehead atoms. The number of hydrogen-bond acceptors (Lipinski definition) is 2. The van der Waals surface area contributed by atoms with Crippen LogP contribution in [0, 0.1) is 11.8 Å². The van der Waals surface area contributed by atoms with Crippen molar-refractivity contribution in [1.82, 2.24) is 0 Å². The predicted octanol–water partition coefficient (Wildman–Crippen LogP) is 3.34. The van der Waals surface area contributed by atoms with Crippen LogP contribution in [0.5, 0.6) is 0 Å². The van der Waals surface area contributed by atoms with Crippen LogP contribution in [0.4, 0.5) is 0 Å². The third-order valence-electron chi connectivity index (χ3n) is 4.37. The summed E-state index contributed by atoms with van der Waals surface area (Å²) in [7, 11) is 0. The van der Waals surface area contributed by atoms with Gasteiger partial charge in [-0.05, 0) is 56.6 Å². The Hall–Kier alpha value is -1.15. The molecule has 104 valence electrons. The summed E-state index contributed by atoms with van der Waals surface area (Å²) in [5.41, 5.74) is 7.02. The van der Waals surface area contributed by atoms with Gasteiger partial charge in [-0.3, -0.25) is 4.79 Å². The van der Waals surface area contributed by atoms with Crippen molar-refractivity contribution in [3.05, 3.63) is 35.9 Å². The molecule has 0 saturated heterocycles. The minimum absolute atomic E-state index is 0.318. The highest BCUT2D eigenvalue weighted by atomic mass is 16.1. The summed E-state index contributed by atoms with van der Waals surface area (Å²) in [5, 5.41) is 0. The Kier molecular flexibility index (Phi) is 5.59. The second-order valence-electron chi connectivity index (χ2n) is 5.76. The SMILES string of the molecule is NCC1CCC(C(=O)CCCc2ccccc2)CC1. The molecule has 0 radical (unpaired) electrons. The van der Waals surface area contributed by atoms with Gasteiger partial charge in [0.1, 0.15) is 5.78 Å². The topological polar surface area (TPSA) is 43.1 Å². The molecule has 0 unspecified atom stereocenters. The van der Waals surface area contributed by atoms with E-state index in [2.05, 4.69) is 24.3 Å². The minimum Gasteiger partial charge on any atom is -0.330 e. The van der Waals surface area contributed by atoms with Crippen LogP contribution in [0.25, 0.3) is 0 Å². The van der Waals surface area contributed by atoms with Crippen LogP contribution in [-0.2, 0) is 11.2 Å². The number of ketones is 1. The first-order valence-corrected chi connectivity index (χ1v) is 7.56. The summed E-state index contributed by atoms with van der Waals surface area (Å²) in [6, 6.07) is 10.4. The Morgan fingerprint density at radius 3 is 2.42 bits per heavy atom. The molecule has 1 aliphatic carbocycles. The monoisotopic (exact) mass is 259 g/mol. The zero-order valence-corrected chi connectivity index (χ0v) is 11.7. The molecule has 2 rings (SSSR count). The third kappa shape index (κ3) is 4.46. The molecule has 19 heavy (non-hydrogen) atoms. The van der Waals surface area contributed by atoms with E-state index in [-0.39, 0.29) is 0 Å². The highest BCUT2D eigenvalue weighted by Gasteiger charge is 2.24. The summed E-state index contributed by atoms with van der Waals surface area (Å²) < 4.78 is 0. The lowest BCUT2D eigenvalue weighted by Crippen LogP contribution is -2.25. The van der Waals surface area contributed by atoms with Crippen molar-refractivity contribution in [2.45, 2.75) is 44.9 Å². The number of benzene rings is 1. The van der Waals surface area contributed by atoms with Gasteiger partial charge in [-0.1, -0.05) is 30.3 Å². The van der Waals surface area contributed by atoms with E-state index in [4.69, 9.17) is 5.73 Å². The van der Waals surface area contributed by atoms with E-state index in [0.29, 0.717) is 17.6 Å². The number of carbonyl (C=O) groups is 1. The molecule has 2 nitrogen and oxygen atoms in total. The molecule has 1 saturated carbocycles. The maximum Gasteiger partial charge on any atom is 0.135 e. The molecule has 0 amide bonds. The molecule has 0 aliphatic heterocycles. The lowest BCUT2D eigenvalue weighted by Gasteiger charge is -2.26. The molecule has 0 aromatic heterocycles. The number of Topliss-reactive ketones (excluding diaryl/α,β-unsaturated/α-hetero) is 1. The van der Waals surface area contributed by atoms with Crippen molar-refractivity contribution in [3.63, 3.8) is 0 Å². The molecular formula is C17H25NO. The number of carbonyl (C=O) groups excluding carboxylic acids is 1. The van der Waals surface area contributed by atoms with Crippen molar-refractivity contribution < 1.29 is 4.79 Å². The Morgan fingerprint density at radius 2 is 1.79 bits per heavy atom.